The summed E-state index contributed by atoms with van der Waals surface area (Å²) in [6.07, 6.45) is -3.65. The highest BCUT2D eigenvalue weighted by Crippen LogP contribution is 2.25. The van der Waals surface area contributed by atoms with Gasteiger partial charge in [-0.1, -0.05) is 41.5 Å². The fraction of sp³-hybridized carbons (Fsp3) is 0.783. The van der Waals surface area contributed by atoms with E-state index in [1.807, 2.05) is 6.07 Å². The lowest BCUT2D eigenvalue weighted by atomic mass is 9.84. The van der Waals surface area contributed by atoms with Gasteiger partial charge in [-0.05, 0) is 36.5 Å². The molecule has 0 aromatic rings. The number of nitriles is 1. The number of hydrogen-bond acceptors (Lipinski definition) is 5. The third kappa shape index (κ3) is 10.1. The molecule has 0 radical (unpaired) electrons. The molecule has 12 heteroatoms. The van der Waals surface area contributed by atoms with Gasteiger partial charge in [0.1, 0.15) is 18.1 Å². The number of amides is 4. The van der Waals surface area contributed by atoms with E-state index in [9.17, 15) is 37.6 Å². The summed E-state index contributed by atoms with van der Waals surface area (Å²) in [4.78, 5) is 49.6. The van der Waals surface area contributed by atoms with Gasteiger partial charge in [0.05, 0.1) is 6.07 Å². The zero-order chi connectivity index (χ0) is 27.2. The zero-order valence-electron chi connectivity index (χ0n) is 21.1. The number of alkyl halides is 3. The molecule has 4 N–H and O–H groups in total. The Morgan fingerprint density at radius 3 is 2.11 bits per heavy atom. The van der Waals surface area contributed by atoms with Crippen LogP contribution in [0.15, 0.2) is 0 Å². The highest BCUT2D eigenvalue weighted by Gasteiger charge is 2.44. The van der Waals surface area contributed by atoms with Crippen LogP contribution in [0.5, 0.6) is 0 Å². The standard InChI is InChI=1S/C23H36F3N5O4/c1-21(2,3)11-15(18(33)29-14(12-27)10-13-8-7-9-28-17(13)32)30-19(34)16(22(4,5)6)31-20(35)23(24,25)26/h13-16H,7-11H2,1-6H3,(H,28,32)(H,29,33)(H,30,34)(H,31,35). The number of halogens is 3. The monoisotopic (exact) mass is 503 g/mol. The summed E-state index contributed by atoms with van der Waals surface area (Å²) in [5.74, 6) is -4.56. The molecule has 9 nitrogen and oxygen atoms in total. The lowest BCUT2D eigenvalue weighted by molar-refractivity contribution is -0.175. The maximum Gasteiger partial charge on any atom is 0.471 e. The van der Waals surface area contributed by atoms with Gasteiger partial charge in [-0.15, -0.1) is 0 Å². The van der Waals surface area contributed by atoms with Crippen molar-refractivity contribution >= 4 is 23.6 Å². The van der Waals surface area contributed by atoms with Crippen LogP contribution in [0.1, 0.15) is 67.2 Å². The molecule has 1 aliphatic heterocycles. The first kappa shape index (κ1) is 30.2. The van der Waals surface area contributed by atoms with Gasteiger partial charge in [0.2, 0.25) is 17.7 Å². The van der Waals surface area contributed by atoms with Gasteiger partial charge in [-0.2, -0.15) is 18.4 Å². The Labute approximate surface area is 203 Å². The molecule has 1 aliphatic rings. The van der Waals surface area contributed by atoms with Crippen molar-refractivity contribution in [2.24, 2.45) is 16.7 Å². The van der Waals surface area contributed by atoms with Crippen LogP contribution in [-0.2, 0) is 19.2 Å². The summed E-state index contributed by atoms with van der Waals surface area (Å²) in [6, 6.07) is -1.81. The first-order valence-corrected chi connectivity index (χ1v) is 11.5. The number of carbonyl (C=O) groups excluding carboxylic acids is 4. The SMILES string of the molecule is CC(C)(C)CC(NC(=O)C(NC(=O)C(F)(F)F)C(C)(C)C)C(=O)NC(C#N)CC1CCCNC1=O. The molecule has 0 bridgehead atoms. The molecular formula is C23H36F3N5O4. The van der Waals surface area contributed by atoms with E-state index >= 15 is 0 Å². The van der Waals surface area contributed by atoms with Crippen molar-refractivity contribution in [3.63, 3.8) is 0 Å². The normalized spacial score (nSPS) is 19.4. The number of hydrogen-bond donors (Lipinski definition) is 4. The van der Waals surface area contributed by atoms with Crippen LogP contribution in [0.4, 0.5) is 13.2 Å². The second kappa shape index (κ2) is 11.7. The molecule has 198 valence electrons. The van der Waals surface area contributed by atoms with Gasteiger partial charge in [0, 0.05) is 12.5 Å². The van der Waals surface area contributed by atoms with Gasteiger partial charge in [0.15, 0.2) is 0 Å². The molecule has 1 rings (SSSR count). The van der Waals surface area contributed by atoms with E-state index < -0.39 is 58.8 Å². The van der Waals surface area contributed by atoms with E-state index in [0.29, 0.717) is 13.0 Å². The number of nitrogens with zero attached hydrogens (tertiary/aromatic N) is 1. The molecule has 0 aliphatic carbocycles. The van der Waals surface area contributed by atoms with Gasteiger partial charge in [-0.3, -0.25) is 19.2 Å². The fourth-order valence-electron chi connectivity index (χ4n) is 3.73. The van der Waals surface area contributed by atoms with Crippen molar-refractivity contribution in [1.29, 1.82) is 5.26 Å². The van der Waals surface area contributed by atoms with E-state index in [1.165, 1.54) is 20.8 Å². The molecule has 0 spiro atoms. The van der Waals surface area contributed by atoms with Crippen molar-refractivity contribution in [3.05, 3.63) is 0 Å². The van der Waals surface area contributed by atoms with Crippen LogP contribution in [-0.4, -0.2) is 54.5 Å². The van der Waals surface area contributed by atoms with Crippen LogP contribution >= 0.6 is 0 Å². The highest BCUT2D eigenvalue weighted by molar-refractivity contribution is 5.93. The average Bonchev–Trinajstić information content (AvgIpc) is 2.69. The maximum atomic E-state index is 13.1. The second-order valence-electron chi connectivity index (χ2n) is 11.2. The molecule has 1 heterocycles. The van der Waals surface area contributed by atoms with Gasteiger partial charge >= 0.3 is 12.1 Å². The first-order valence-electron chi connectivity index (χ1n) is 11.5. The lowest BCUT2D eigenvalue weighted by Gasteiger charge is -2.33. The summed E-state index contributed by atoms with van der Waals surface area (Å²) < 4.78 is 38.4. The van der Waals surface area contributed by atoms with E-state index in [0.717, 1.165) is 6.42 Å². The zero-order valence-corrected chi connectivity index (χ0v) is 21.1. The Morgan fingerprint density at radius 2 is 1.66 bits per heavy atom. The van der Waals surface area contributed by atoms with Crippen LogP contribution in [0.25, 0.3) is 0 Å². The van der Waals surface area contributed by atoms with E-state index in [-0.39, 0.29) is 18.7 Å². The number of piperidine rings is 1. The summed E-state index contributed by atoms with van der Waals surface area (Å²) in [5.41, 5.74) is -1.58. The van der Waals surface area contributed by atoms with E-state index in [4.69, 9.17) is 0 Å². The summed E-state index contributed by atoms with van der Waals surface area (Å²) in [7, 11) is 0. The molecule has 1 saturated heterocycles. The molecule has 1 fully saturated rings. The van der Waals surface area contributed by atoms with Crippen LogP contribution < -0.4 is 21.3 Å². The van der Waals surface area contributed by atoms with Crippen molar-refractivity contribution in [1.82, 2.24) is 21.3 Å². The number of nitrogens with one attached hydrogen (secondary N) is 4. The predicted molar refractivity (Wildman–Crippen MR) is 121 cm³/mol. The minimum Gasteiger partial charge on any atom is -0.356 e. The molecule has 4 atom stereocenters. The summed E-state index contributed by atoms with van der Waals surface area (Å²) in [5, 5.41) is 18.9. The lowest BCUT2D eigenvalue weighted by Crippen LogP contribution is -2.60. The van der Waals surface area contributed by atoms with E-state index in [1.54, 1.807) is 26.1 Å². The van der Waals surface area contributed by atoms with Crippen molar-refractivity contribution in [2.75, 3.05) is 6.54 Å². The molecular weight excluding hydrogens is 467 g/mol. The third-order valence-corrected chi connectivity index (χ3v) is 5.50. The minimum atomic E-state index is -5.18. The Hall–Kier alpha value is -2.84. The highest BCUT2D eigenvalue weighted by atomic mass is 19.4. The molecule has 0 aromatic heterocycles. The summed E-state index contributed by atoms with van der Waals surface area (Å²) >= 11 is 0. The largest absolute Gasteiger partial charge is 0.471 e. The Balaban J connectivity index is 3.05. The van der Waals surface area contributed by atoms with Gasteiger partial charge in [-0.25, -0.2) is 0 Å². The van der Waals surface area contributed by atoms with Crippen molar-refractivity contribution < 1.29 is 32.3 Å². The smallest absolute Gasteiger partial charge is 0.356 e. The van der Waals surface area contributed by atoms with Crippen molar-refractivity contribution in [2.45, 2.75) is 91.5 Å². The van der Waals surface area contributed by atoms with Crippen LogP contribution in [0, 0.1) is 28.1 Å². The third-order valence-electron chi connectivity index (χ3n) is 5.50. The summed E-state index contributed by atoms with van der Waals surface area (Å²) in [6.45, 7) is 10.4. The Kier molecular flexibility index (Phi) is 10.1. The van der Waals surface area contributed by atoms with Crippen LogP contribution in [0.3, 0.4) is 0 Å². The molecule has 0 aromatic carbocycles. The Bertz CT molecular complexity index is 840. The number of rotatable bonds is 8. The maximum absolute atomic E-state index is 13.1. The van der Waals surface area contributed by atoms with Gasteiger partial charge in [0.25, 0.3) is 0 Å². The van der Waals surface area contributed by atoms with E-state index in [2.05, 4.69) is 16.0 Å². The second-order valence-corrected chi connectivity index (χ2v) is 11.2. The number of carbonyl (C=O) groups is 4. The quantitative estimate of drug-likeness (QED) is 0.401. The molecule has 4 amide bonds. The molecule has 0 saturated carbocycles. The van der Waals surface area contributed by atoms with Crippen LogP contribution in [0.2, 0.25) is 0 Å². The topological polar surface area (TPSA) is 140 Å². The van der Waals surface area contributed by atoms with Gasteiger partial charge < -0.3 is 21.3 Å². The Morgan fingerprint density at radius 1 is 1.06 bits per heavy atom. The average molecular weight is 504 g/mol. The molecule has 4 unspecified atom stereocenters. The fourth-order valence-corrected chi connectivity index (χ4v) is 3.73. The minimum absolute atomic E-state index is 0.0938. The first-order chi connectivity index (χ1) is 15.8. The predicted octanol–water partition coefficient (Wildman–Crippen LogP) is 1.93. The molecule has 35 heavy (non-hydrogen) atoms. The van der Waals surface area contributed by atoms with Crippen molar-refractivity contribution in [3.8, 4) is 6.07 Å².